The number of hydrogen-bond donors (Lipinski definition) is 1. The molecular formula is C17H27N3. The summed E-state index contributed by atoms with van der Waals surface area (Å²) < 4.78 is 0. The standard InChI is InChI=1S/C17H27N3/c1-2-9-15-20(14-8-1)18-16-10-4-5-11-17(16)19-12-6-3-7-13-19/h4-5,10-11,18H,1-3,6-9,12-15H2. The number of hydrazine groups is 1. The third-order valence-electron chi connectivity index (χ3n) is 4.49. The molecular weight excluding hydrogens is 246 g/mol. The number of piperidine rings is 1. The summed E-state index contributed by atoms with van der Waals surface area (Å²) in [4.78, 5) is 2.55. The molecule has 0 atom stereocenters. The number of nitrogens with one attached hydrogen (secondary N) is 1. The first-order chi connectivity index (χ1) is 9.93. The predicted molar refractivity (Wildman–Crippen MR) is 86.2 cm³/mol. The van der Waals surface area contributed by atoms with Gasteiger partial charge in [-0.25, -0.2) is 5.01 Å². The number of rotatable bonds is 3. The lowest BCUT2D eigenvalue weighted by molar-refractivity contribution is 0.343. The van der Waals surface area contributed by atoms with Crippen molar-refractivity contribution in [1.29, 1.82) is 0 Å². The van der Waals surface area contributed by atoms with Crippen molar-refractivity contribution in [3.05, 3.63) is 24.3 Å². The highest BCUT2D eigenvalue weighted by Crippen LogP contribution is 2.29. The lowest BCUT2D eigenvalue weighted by atomic mass is 10.1. The van der Waals surface area contributed by atoms with E-state index in [0.29, 0.717) is 0 Å². The Morgan fingerprint density at radius 1 is 0.700 bits per heavy atom. The molecule has 1 aromatic rings. The molecule has 2 aliphatic heterocycles. The Balaban J connectivity index is 1.71. The molecule has 0 unspecified atom stereocenters. The van der Waals surface area contributed by atoms with Gasteiger partial charge in [-0.3, -0.25) is 0 Å². The molecule has 2 heterocycles. The van der Waals surface area contributed by atoms with E-state index in [0.717, 1.165) is 0 Å². The van der Waals surface area contributed by atoms with E-state index in [2.05, 4.69) is 39.6 Å². The normalized spacial score (nSPS) is 21.5. The first kappa shape index (κ1) is 13.7. The van der Waals surface area contributed by atoms with Gasteiger partial charge in [0.05, 0.1) is 11.4 Å². The smallest absolute Gasteiger partial charge is 0.0724 e. The van der Waals surface area contributed by atoms with Crippen molar-refractivity contribution in [1.82, 2.24) is 5.01 Å². The van der Waals surface area contributed by atoms with Gasteiger partial charge in [0, 0.05) is 26.2 Å². The minimum Gasteiger partial charge on any atom is -0.370 e. The molecule has 110 valence electrons. The van der Waals surface area contributed by atoms with Crippen LogP contribution in [-0.2, 0) is 0 Å². The van der Waals surface area contributed by atoms with Crippen molar-refractivity contribution >= 4 is 11.4 Å². The average molecular weight is 273 g/mol. The lowest BCUT2D eigenvalue weighted by Gasteiger charge is -2.32. The zero-order valence-electron chi connectivity index (χ0n) is 12.5. The van der Waals surface area contributed by atoms with E-state index >= 15 is 0 Å². The quantitative estimate of drug-likeness (QED) is 0.901. The summed E-state index contributed by atoms with van der Waals surface area (Å²) in [5, 5.41) is 2.41. The molecule has 2 aliphatic rings. The van der Waals surface area contributed by atoms with Gasteiger partial charge in [-0.1, -0.05) is 25.0 Å². The minimum atomic E-state index is 1.17. The fraction of sp³-hybridized carbons (Fsp3) is 0.647. The average Bonchev–Trinajstić information content (AvgIpc) is 2.77. The minimum absolute atomic E-state index is 1.17. The van der Waals surface area contributed by atoms with Crippen molar-refractivity contribution in [2.45, 2.75) is 44.9 Å². The van der Waals surface area contributed by atoms with Gasteiger partial charge in [-0.2, -0.15) is 0 Å². The van der Waals surface area contributed by atoms with E-state index in [1.807, 2.05) is 0 Å². The Hall–Kier alpha value is -1.22. The van der Waals surface area contributed by atoms with Crippen LogP contribution in [0.2, 0.25) is 0 Å². The summed E-state index contributed by atoms with van der Waals surface area (Å²) in [6.07, 6.45) is 9.45. The van der Waals surface area contributed by atoms with Crippen molar-refractivity contribution in [3.63, 3.8) is 0 Å². The van der Waals surface area contributed by atoms with E-state index in [1.54, 1.807) is 0 Å². The molecule has 3 nitrogen and oxygen atoms in total. The number of para-hydroxylation sites is 2. The zero-order valence-corrected chi connectivity index (χ0v) is 12.5. The molecule has 3 rings (SSSR count). The summed E-state index contributed by atoms with van der Waals surface area (Å²) in [7, 11) is 0. The number of benzene rings is 1. The van der Waals surface area contributed by atoms with Crippen LogP contribution in [0.25, 0.3) is 0 Å². The van der Waals surface area contributed by atoms with Crippen LogP contribution in [0.3, 0.4) is 0 Å². The van der Waals surface area contributed by atoms with Crippen LogP contribution in [0.4, 0.5) is 11.4 Å². The van der Waals surface area contributed by atoms with Gasteiger partial charge in [0.2, 0.25) is 0 Å². The third-order valence-corrected chi connectivity index (χ3v) is 4.49. The topological polar surface area (TPSA) is 18.5 Å². The van der Waals surface area contributed by atoms with Gasteiger partial charge in [0.15, 0.2) is 0 Å². The Morgan fingerprint density at radius 3 is 2.05 bits per heavy atom. The maximum atomic E-state index is 3.68. The highest BCUT2D eigenvalue weighted by molar-refractivity contribution is 5.69. The molecule has 0 amide bonds. The van der Waals surface area contributed by atoms with E-state index in [4.69, 9.17) is 0 Å². The van der Waals surface area contributed by atoms with Gasteiger partial charge in [0.1, 0.15) is 0 Å². The molecule has 0 spiro atoms. The van der Waals surface area contributed by atoms with Crippen molar-refractivity contribution in [2.24, 2.45) is 0 Å². The maximum Gasteiger partial charge on any atom is 0.0724 e. The molecule has 1 aromatic carbocycles. The van der Waals surface area contributed by atoms with Gasteiger partial charge >= 0.3 is 0 Å². The molecule has 0 aromatic heterocycles. The Morgan fingerprint density at radius 2 is 1.30 bits per heavy atom. The van der Waals surface area contributed by atoms with Crippen LogP contribution in [0.15, 0.2) is 24.3 Å². The maximum absolute atomic E-state index is 3.68. The fourth-order valence-corrected chi connectivity index (χ4v) is 3.33. The van der Waals surface area contributed by atoms with Crippen LogP contribution in [0, 0.1) is 0 Å². The molecule has 0 radical (unpaired) electrons. The highest BCUT2D eigenvalue weighted by Gasteiger charge is 2.16. The van der Waals surface area contributed by atoms with Crippen LogP contribution in [0.5, 0.6) is 0 Å². The van der Waals surface area contributed by atoms with E-state index in [1.165, 1.54) is 82.5 Å². The lowest BCUT2D eigenvalue weighted by Crippen LogP contribution is -2.34. The molecule has 2 saturated heterocycles. The number of anilines is 2. The van der Waals surface area contributed by atoms with E-state index < -0.39 is 0 Å². The Labute approximate surface area is 122 Å². The molecule has 3 heteroatoms. The summed E-state index contributed by atoms with van der Waals surface area (Å²) in [6.45, 7) is 4.76. The van der Waals surface area contributed by atoms with Crippen LogP contribution in [-0.4, -0.2) is 31.2 Å². The molecule has 20 heavy (non-hydrogen) atoms. The molecule has 0 aliphatic carbocycles. The molecule has 2 fully saturated rings. The number of hydrogen-bond acceptors (Lipinski definition) is 3. The monoisotopic (exact) mass is 273 g/mol. The van der Waals surface area contributed by atoms with Crippen LogP contribution < -0.4 is 10.3 Å². The summed E-state index contributed by atoms with van der Waals surface area (Å²) in [5.41, 5.74) is 6.35. The van der Waals surface area contributed by atoms with Crippen molar-refractivity contribution < 1.29 is 0 Å². The van der Waals surface area contributed by atoms with Crippen molar-refractivity contribution in [2.75, 3.05) is 36.5 Å². The highest BCUT2D eigenvalue weighted by atomic mass is 15.5. The second-order valence-corrected chi connectivity index (χ2v) is 6.08. The molecule has 1 N–H and O–H groups in total. The predicted octanol–water partition coefficient (Wildman–Crippen LogP) is 3.88. The third kappa shape index (κ3) is 3.45. The second kappa shape index (κ2) is 6.98. The second-order valence-electron chi connectivity index (χ2n) is 6.08. The summed E-state index contributed by atoms with van der Waals surface area (Å²) in [5.74, 6) is 0. The SMILES string of the molecule is c1ccc(N2CCCCC2)c(NN2CCCCCC2)c1. The van der Waals surface area contributed by atoms with Gasteiger partial charge < -0.3 is 10.3 Å². The first-order valence-corrected chi connectivity index (χ1v) is 8.29. The zero-order chi connectivity index (χ0) is 13.6. The van der Waals surface area contributed by atoms with Gasteiger partial charge in [-0.05, 0) is 44.2 Å². The number of nitrogens with zero attached hydrogens (tertiary/aromatic N) is 2. The summed E-state index contributed by atoms with van der Waals surface area (Å²) >= 11 is 0. The Kier molecular flexibility index (Phi) is 4.80. The van der Waals surface area contributed by atoms with E-state index in [-0.39, 0.29) is 0 Å². The molecule has 0 saturated carbocycles. The van der Waals surface area contributed by atoms with Gasteiger partial charge in [-0.15, -0.1) is 0 Å². The van der Waals surface area contributed by atoms with E-state index in [9.17, 15) is 0 Å². The summed E-state index contributed by atoms with van der Waals surface area (Å²) in [6, 6.07) is 8.81. The largest absolute Gasteiger partial charge is 0.370 e. The molecule has 0 bridgehead atoms. The first-order valence-electron chi connectivity index (χ1n) is 8.29. The Bertz CT molecular complexity index is 404. The van der Waals surface area contributed by atoms with Gasteiger partial charge in [0.25, 0.3) is 0 Å². The fourth-order valence-electron chi connectivity index (χ4n) is 3.33. The van der Waals surface area contributed by atoms with Crippen LogP contribution in [0.1, 0.15) is 44.9 Å². The van der Waals surface area contributed by atoms with Crippen LogP contribution >= 0.6 is 0 Å². The van der Waals surface area contributed by atoms with Crippen molar-refractivity contribution in [3.8, 4) is 0 Å².